The summed E-state index contributed by atoms with van der Waals surface area (Å²) in [6, 6.07) is 29.4. The maximum Gasteiger partial charge on any atom is 0.0831 e. The van der Waals surface area contributed by atoms with Crippen LogP contribution in [0, 0.1) is 0 Å². The number of benzene rings is 3. The first kappa shape index (κ1) is 16.8. The highest BCUT2D eigenvalue weighted by atomic mass is 79.9. The fraction of sp³-hybridized carbons (Fsp3) is 0.0870. The molecule has 26 heavy (non-hydrogen) atoms. The van der Waals surface area contributed by atoms with Gasteiger partial charge in [0.25, 0.3) is 0 Å². The Labute approximate surface area is 162 Å². The fourth-order valence-corrected chi connectivity index (χ4v) is 3.57. The van der Waals surface area contributed by atoms with Gasteiger partial charge < -0.3 is 0 Å². The van der Waals surface area contributed by atoms with E-state index in [0.29, 0.717) is 0 Å². The normalized spacial score (nSPS) is 16.9. The van der Waals surface area contributed by atoms with Crippen molar-refractivity contribution >= 4 is 33.4 Å². The van der Waals surface area contributed by atoms with Crippen molar-refractivity contribution in [3.63, 3.8) is 0 Å². The quantitative estimate of drug-likeness (QED) is 0.488. The van der Waals surface area contributed by atoms with E-state index in [1.165, 1.54) is 11.1 Å². The third-order valence-electron chi connectivity index (χ3n) is 4.46. The summed E-state index contributed by atoms with van der Waals surface area (Å²) < 4.78 is 1.06. The van der Waals surface area contributed by atoms with E-state index in [4.69, 9.17) is 5.10 Å². The molecule has 0 saturated carbocycles. The Morgan fingerprint density at radius 1 is 0.846 bits per heavy atom. The van der Waals surface area contributed by atoms with Crippen molar-refractivity contribution in [2.75, 3.05) is 5.01 Å². The molecule has 4 rings (SSSR count). The topological polar surface area (TPSA) is 15.6 Å². The second kappa shape index (κ2) is 7.71. The molecule has 0 radical (unpaired) electrons. The van der Waals surface area contributed by atoms with Gasteiger partial charge in [0.1, 0.15) is 0 Å². The highest BCUT2D eigenvalue weighted by Crippen LogP contribution is 2.36. The van der Waals surface area contributed by atoms with E-state index in [1.807, 2.05) is 12.1 Å². The average Bonchev–Trinajstić information content (AvgIpc) is 3.12. The van der Waals surface area contributed by atoms with Crippen LogP contribution in [0.2, 0.25) is 0 Å². The monoisotopic (exact) mass is 402 g/mol. The minimum Gasteiger partial charge on any atom is -0.257 e. The number of anilines is 1. The summed E-state index contributed by atoms with van der Waals surface area (Å²) in [5, 5.41) is 7.04. The molecule has 2 nitrogen and oxygen atoms in total. The molecule has 0 spiro atoms. The molecule has 3 aromatic carbocycles. The zero-order valence-electron chi connectivity index (χ0n) is 14.3. The first-order valence-corrected chi connectivity index (χ1v) is 9.49. The van der Waals surface area contributed by atoms with E-state index in [2.05, 4.69) is 106 Å². The highest BCUT2D eigenvalue weighted by Gasteiger charge is 2.28. The van der Waals surface area contributed by atoms with Crippen LogP contribution >= 0.6 is 15.9 Å². The highest BCUT2D eigenvalue weighted by molar-refractivity contribution is 9.10. The van der Waals surface area contributed by atoms with Gasteiger partial charge in [-0.3, -0.25) is 5.01 Å². The van der Waals surface area contributed by atoms with Crippen molar-refractivity contribution in [1.82, 2.24) is 0 Å². The van der Waals surface area contributed by atoms with Gasteiger partial charge in [0.15, 0.2) is 0 Å². The molecule has 3 heteroatoms. The number of allylic oxidation sites excluding steroid dienone is 1. The Morgan fingerprint density at radius 3 is 2.31 bits per heavy atom. The van der Waals surface area contributed by atoms with Crippen molar-refractivity contribution < 1.29 is 0 Å². The molecule has 1 aliphatic rings. The third kappa shape index (κ3) is 3.78. The Balaban J connectivity index is 1.66. The number of hydrazone groups is 1. The summed E-state index contributed by atoms with van der Waals surface area (Å²) in [4.78, 5) is 0. The molecule has 0 N–H and O–H groups in total. The molecule has 1 atom stereocenters. The van der Waals surface area contributed by atoms with Crippen molar-refractivity contribution in [2.45, 2.75) is 12.5 Å². The second-order valence-electron chi connectivity index (χ2n) is 6.29. The van der Waals surface area contributed by atoms with Gasteiger partial charge in [-0.2, -0.15) is 5.10 Å². The van der Waals surface area contributed by atoms with E-state index >= 15 is 0 Å². The number of rotatable bonds is 4. The number of hydrogen-bond acceptors (Lipinski definition) is 2. The molecule has 0 aromatic heterocycles. The van der Waals surface area contributed by atoms with Gasteiger partial charge in [-0.15, -0.1) is 0 Å². The Kier molecular flexibility index (Phi) is 4.98. The molecule has 0 bridgehead atoms. The lowest BCUT2D eigenvalue weighted by Crippen LogP contribution is -2.18. The minimum absolute atomic E-state index is 0.209. The van der Waals surface area contributed by atoms with Crippen molar-refractivity contribution in [3.8, 4) is 0 Å². The van der Waals surface area contributed by atoms with Gasteiger partial charge in [-0.05, 0) is 35.4 Å². The molecule has 1 heterocycles. The largest absolute Gasteiger partial charge is 0.257 e. The zero-order chi connectivity index (χ0) is 17.8. The molecule has 0 fully saturated rings. The smallest absolute Gasteiger partial charge is 0.0831 e. The summed E-state index contributed by atoms with van der Waals surface area (Å²) >= 11 is 3.57. The Hall–Kier alpha value is -2.65. The maximum absolute atomic E-state index is 4.91. The van der Waals surface area contributed by atoms with Crippen LogP contribution in [0.1, 0.15) is 23.6 Å². The van der Waals surface area contributed by atoms with E-state index in [0.717, 1.165) is 22.3 Å². The molecule has 0 saturated heterocycles. The SMILES string of the molecule is Brc1cccc(N2N=C(/C=C/c3ccccc3)C[C@@H]2c2ccccc2)c1. The summed E-state index contributed by atoms with van der Waals surface area (Å²) in [7, 11) is 0. The first-order chi connectivity index (χ1) is 12.8. The standard InChI is InChI=1S/C23H19BrN2/c24-20-12-7-13-22(16-20)26-23(19-10-5-2-6-11-19)17-21(25-26)15-14-18-8-3-1-4-9-18/h1-16,23H,17H2/b15-14+/t23-/m1/s1. The number of halogens is 1. The Bertz CT molecular complexity index is 933. The molecule has 1 aliphatic heterocycles. The number of nitrogens with zero attached hydrogens (tertiary/aromatic N) is 2. The van der Waals surface area contributed by atoms with Crippen LogP contribution in [0.4, 0.5) is 5.69 Å². The minimum atomic E-state index is 0.209. The van der Waals surface area contributed by atoms with E-state index < -0.39 is 0 Å². The second-order valence-corrected chi connectivity index (χ2v) is 7.21. The van der Waals surface area contributed by atoms with E-state index in [-0.39, 0.29) is 6.04 Å². The summed E-state index contributed by atoms with van der Waals surface area (Å²) in [5.41, 5.74) is 4.64. The maximum atomic E-state index is 4.91. The van der Waals surface area contributed by atoms with Crippen LogP contribution in [0.3, 0.4) is 0 Å². The van der Waals surface area contributed by atoms with Gasteiger partial charge in [0.05, 0.1) is 17.4 Å². The van der Waals surface area contributed by atoms with Gasteiger partial charge >= 0.3 is 0 Å². The molecule has 128 valence electrons. The molecular weight excluding hydrogens is 384 g/mol. The summed E-state index contributed by atoms with van der Waals surface area (Å²) in [5.74, 6) is 0. The molecule has 0 unspecified atom stereocenters. The predicted octanol–water partition coefficient (Wildman–Crippen LogP) is 6.47. The van der Waals surface area contributed by atoms with Crippen LogP contribution in [0.25, 0.3) is 6.08 Å². The van der Waals surface area contributed by atoms with Crippen LogP contribution in [-0.2, 0) is 0 Å². The molecule has 3 aromatic rings. The first-order valence-electron chi connectivity index (χ1n) is 8.70. The van der Waals surface area contributed by atoms with Gasteiger partial charge in [0.2, 0.25) is 0 Å². The lowest BCUT2D eigenvalue weighted by molar-refractivity contribution is 0.709. The predicted molar refractivity (Wildman–Crippen MR) is 113 cm³/mol. The molecular formula is C23H19BrN2. The molecule has 0 aliphatic carbocycles. The summed E-state index contributed by atoms with van der Waals surface area (Å²) in [6.07, 6.45) is 5.15. The van der Waals surface area contributed by atoms with Gasteiger partial charge in [0, 0.05) is 10.9 Å². The van der Waals surface area contributed by atoms with Crippen molar-refractivity contribution in [2.24, 2.45) is 5.10 Å². The number of hydrogen-bond donors (Lipinski definition) is 0. The van der Waals surface area contributed by atoms with Gasteiger partial charge in [-0.25, -0.2) is 0 Å². The van der Waals surface area contributed by atoms with Crippen LogP contribution < -0.4 is 5.01 Å². The fourth-order valence-electron chi connectivity index (χ4n) is 3.18. The third-order valence-corrected chi connectivity index (χ3v) is 4.95. The lowest BCUT2D eigenvalue weighted by atomic mass is 10.0. The molecule has 0 amide bonds. The van der Waals surface area contributed by atoms with Gasteiger partial charge in [-0.1, -0.05) is 88.7 Å². The van der Waals surface area contributed by atoms with Crippen molar-refractivity contribution in [1.29, 1.82) is 0 Å². The average molecular weight is 403 g/mol. The van der Waals surface area contributed by atoms with Crippen LogP contribution in [0.5, 0.6) is 0 Å². The summed E-state index contributed by atoms with van der Waals surface area (Å²) in [6.45, 7) is 0. The Morgan fingerprint density at radius 2 is 1.58 bits per heavy atom. The van der Waals surface area contributed by atoms with E-state index in [9.17, 15) is 0 Å². The van der Waals surface area contributed by atoms with E-state index in [1.54, 1.807) is 0 Å². The van der Waals surface area contributed by atoms with Crippen LogP contribution in [0.15, 0.2) is 101 Å². The van der Waals surface area contributed by atoms with Crippen molar-refractivity contribution in [3.05, 3.63) is 107 Å². The zero-order valence-corrected chi connectivity index (χ0v) is 15.9. The van der Waals surface area contributed by atoms with Crippen LogP contribution in [-0.4, -0.2) is 5.71 Å². The lowest BCUT2D eigenvalue weighted by Gasteiger charge is -2.24.